The molecule has 0 aromatic heterocycles. The van der Waals surface area contributed by atoms with E-state index in [9.17, 15) is 0 Å². The SMILES string of the molecule is COc1ccc(NC2CCC(C)(C)C2)cc1C. The van der Waals surface area contributed by atoms with Crippen molar-refractivity contribution in [3.63, 3.8) is 0 Å². The third kappa shape index (κ3) is 2.93. The molecule has 1 aromatic carbocycles. The van der Waals surface area contributed by atoms with Crippen LogP contribution in [-0.2, 0) is 0 Å². The number of ether oxygens (including phenoxy) is 1. The number of aryl methyl sites for hydroxylation is 1. The highest BCUT2D eigenvalue weighted by molar-refractivity contribution is 5.51. The van der Waals surface area contributed by atoms with Crippen molar-refractivity contribution in [3.05, 3.63) is 23.8 Å². The predicted molar refractivity (Wildman–Crippen MR) is 72.8 cm³/mol. The van der Waals surface area contributed by atoms with Gasteiger partial charge in [0.2, 0.25) is 0 Å². The lowest BCUT2D eigenvalue weighted by Gasteiger charge is -2.19. The van der Waals surface area contributed by atoms with Crippen LogP contribution in [0.15, 0.2) is 18.2 Å². The number of methoxy groups -OCH3 is 1. The van der Waals surface area contributed by atoms with E-state index in [0.29, 0.717) is 11.5 Å². The van der Waals surface area contributed by atoms with E-state index in [0.717, 1.165) is 5.75 Å². The van der Waals surface area contributed by atoms with Crippen LogP contribution in [0.3, 0.4) is 0 Å². The normalized spacial score (nSPS) is 22.5. The van der Waals surface area contributed by atoms with E-state index in [4.69, 9.17) is 4.74 Å². The van der Waals surface area contributed by atoms with Crippen LogP contribution >= 0.6 is 0 Å². The molecule has 94 valence electrons. The zero-order chi connectivity index (χ0) is 12.5. The van der Waals surface area contributed by atoms with Crippen molar-refractivity contribution in [2.75, 3.05) is 12.4 Å². The van der Waals surface area contributed by atoms with Crippen molar-refractivity contribution in [1.29, 1.82) is 0 Å². The minimum absolute atomic E-state index is 0.499. The first kappa shape index (κ1) is 12.3. The lowest BCUT2D eigenvalue weighted by atomic mass is 9.92. The van der Waals surface area contributed by atoms with E-state index in [2.05, 4.69) is 38.2 Å². The van der Waals surface area contributed by atoms with Gasteiger partial charge in [-0.1, -0.05) is 13.8 Å². The molecule has 0 heterocycles. The molecule has 1 aromatic rings. The fourth-order valence-electron chi connectivity index (χ4n) is 2.76. The second kappa shape index (κ2) is 4.59. The molecule has 2 heteroatoms. The molecule has 1 N–H and O–H groups in total. The standard InChI is InChI=1S/C15H23NO/c1-11-9-12(5-6-14(11)17-4)16-13-7-8-15(2,3)10-13/h5-6,9,13,16H,7-8,10H2,1-4H3. The lowest BCUT2D eigenvalue weighted by Crippen LogP contribution is -2.17. The Morgan fingerprint density at radius 1 is 1.35 bits per heavy atom. The van der Waals surface area contributed by atoms with Crippen molar-refractivity contribution >= 4 is 5.69 Å². The molecule has 0 aliphatic heterocycles. The fourth-order valence-corrected chi connectivity index (χ4v) is 2.76. The summed E-state index contributed by atoms with van der Waals surface area (Å²) in [5.74, 6) is 0.960. The van der Waals surface area contributed by atoms with Gasteiger partial charge in [-0.15, -0.1) is 0 Å². The molecule has 0 radical (unpaired) electrons. The fraction of sp³-hybridized carbons (Fsp3) is 0.600. The van der Waals surface area contributed by atoms with E-state index >= 15 is 0 Å². The molecule has 0 amide bonds. The van der Waals surface area contributed by atoms with Gasteiger partial charge in [-0.05, 0) is 55.4 Å². The van der Waals surface area contributed by atoms with Gasteiger partial charge in [-0.3, -0.25) is 0 Å². The third-order valence-corrected chi connectivity index (χ3v) is 3.73. The Kier molecular flexibility index (Phi) is 3.32. The molecule has 1 saturated carbocycles. The number of hydrogen-bond acceptors (Lipinski definition) is 2. The summed E-state index contributed by atoms with van der Waals surface area (Å²) in [5, 5.41) is 3.63. The molecule has 2 nitrogen and oxygen atoms in total. The first-order valence-electron chi connectivity index (χ1n) is 6.41. The Balaban J connectivity index is 2.02. The quantitative estimate of drug-likeness (QED) is 0.852. The number of rotatable bonds is 3. The Bertz CT molecular complexity index is 398. The maximum absolute atomic E-state index is 5.28. The topological polar surface area (TPSA) is 21.3 Å². The van der Waals surface area contributed by atoms with Crippen LogP contribution in [0.5, 0.6) is 5.75 Å². The van der Waals surface area contributed by atoms with Crippen molar-refractivity contribution in [2.24, 2.45) is 5.41 Å². The zero-order valence-electron chi connectivity index (χ0n) is 11.3. The second-order valence-electron chi connectivity index (χ2n) is 5.93. The van der Waals surface area contributed by atoms with E-state index in [1.54, 1.807) is 7.11 Å². The van der Waals surface area contributed by atoms with Gasteiger partial charge in [0.25, 0.3) is 0 Å². The minimum Gasteiger partial charge on any atom is -0.496 e. The summed E-state index contributed by atoms with van der Waals surface area (Å²) in [5.41, 5.74) is 2.90. The van der Waals surface area contributed by atoms with Gasteiger partial charge in [0.1, 0.15) is 5.75 Å². The molecular formula is C15H23NO. The predicted octanol–water partition coefficient (Wildman–Crippen LogP) is 3.99. The van der Waals surface area contributed by atoms with E-state index in [1.165, 1.54) is 30.5 Å². The van der Waals surface area contributed by atoms with Gasteiger partial charge in [0.05, 0.1) is 7.11 Å². The third-order valence-electron chi connectivity index (χ3n) is 3.73. The molecule has 0 spiro atoms. The Morgan fingerprint density at radius 2 is 2.12 bits per heavy atom. The molecule has 17 heavy (non-hydrogen) atoms. The summed E-state index contributed by atoms with van der Waals surface area (Å²) in [6.07, 6.45) is 3.86. The highest BCUT2D eigenvalue weighted by Crippen LogP contribution is 2.38. The van der Waals surface area contributed by atoms with E-state index in [-0.39, 0.29) is 0 Å². The number of benzene rings is 1. The molecule has 0 bridgehead atoms. The first-order valence-corrected chi connectivity index (χ1v) is 6.41. The van der Waals surface area contributed by atoms with E-state index < -0.39 is 0 Å². The van der Waals surface area contributed by atoms with Crippen LogP contribution in [0.2, 0.25) is 0 Å². The van der Waals surface area contributed by atoms with Gasteiger partial charge in [0.15, 0.2) is 0 Å². The number of nitrogens with one attached hydrogen (secondary N) is 1. The van der Waals surface area contributed by atoms with Crippen LogP contribution in [-0.4, -0.2) is 13.2 Å². The summed E-state index contributed by atoms with van der Waals surface area (Å²) in [4.78, 5) is 0. The van der Waals surface area contributed by atoms with Crippen LogP contribution < -0.4 is 10.1 Å². The zero-order valence-corrected chi connectivity index (χ0v) is 11.3. The maximum atomic E-state index is 5.28. The molecule has 0 saturated heterocycles. The largest absolute Gasteiger partial charge is 0.496 e. The van der Waals surface area contributed by atoms with Gasteiger partial charge in [0, 0.05) is 11.7 Å². The average molecular weight is 233 g/mol. The van der Waals surface area contributed by atoms with Crippen LogP contribution in [0, 0.1) is 12.3 Å². The Morgan fingerprint density at radius 3 is 2.65 bits per heavy atom. The molecule has 2 rings (SSSR count). The molecule has 1 fully saturated rings. The molecule has 1 atom stereocenters. The number of anilines is 1. The Hall–Kier alpha value is -1.18. The van der Waals surface area contributed by atoms with Crippen molar-refractivity contribution < 1.29 is 4.74 Å². The van der Waals surface area contributed by atoms with Gasteiger partial charge in [-0.25, -0.2) is 0 Å². The van der Waals surface area contributed by atoms with Crippen LogP contribution in [0.4, 0.5) is 5.69 Å². The van der Waals surface area contributed by atoms with Gasteiger partial charge >= 0.3 is 0 Å². The van der Waals surface area contributed by atoms with Gasteiger partial charge in [-0.2, -0.15) is 0 Å². The van der Waals surface area contributed by atoms with Crippen molar-refractivity contribution in [1.82, 2.24) is 0 Å². The first-order chi connectivity index (χ1) is 8.00. The van der Waals surface area contributed by atoms with Crippen LogP contribution in [0.25, 0.3) is 0 Å². The summed E-state index contributed by atoms with van der Waals surface area (Å²) in [6, 6.07) is 6.94. The summed E-state index contributed by atoms with van der Waals surface area (Å²) in [6.45, 7) is 6.80. The summed E-state index contributed by atoms with van der Waals surface area (Å²) in [7, 11) is 1.72. The monoisotopic (exact) mass is 233 g/mol. The second-order valence-corrected chi connectivity index (χ2v) is 5.93. The minimum atomic E-state index is 0.499. The Labute approximate surface area is 104 Å². The van der Waals surface area contributed by atoms with Crippen molar-refractivity contribution in [2.45, 2.75) is 46.1 Å². The smallest absolute Gasteiger partial charge is 0.121 e. The molecule has 1 aliphatic carbocycles. The molecule has 1 unspecified atom stereocenters. The highest BCUT2D eigenvalue weighted by Gasteiger charge is 2.30. The molecular weight excluding hydrogens is 210 g/mol. The molecule has 1 aliphatic rings. The summed E-state index contributed by atoms with van der Waals surface area (Å²) < 4.78 is 5.28. The highest BCUT2D eigenvalue weighted by atomic mass is 16.5. The number of hydrogen-bond donors (Lipinski definition) is 1. The average Bonchev–Trinajstić information content (AvgIpc) is 2.58. The lowest BCUT2D eigenvalue weighted by molar-refractivity contribution is 0.378. The van der Waals surface area contributed by atoms with Crippen molar-refractivity contribution in [3.8, 4) is 5.75 Å². The maximum Gasteiger partial charge on any atom is 0.121 e. The van der Waals surface area contributed by atoms with Gasteiger partial charge < -0.3 is 10.1 Å². The van der Waals surface area contributed by atoms with E-state index in [1.807, 2.05) is 6.07 Å². The van der Waals surface area contributed by atoms with Crippen LogP contribution in [0.1, 0.15) is 38.7 Å². The summed E-state index contributed by atoms with van der Waals surface area (Å²) >= 11 is 0.